The molecule has 8 heteroatoms. The number of hydrogen-bond donors (Lipinski definition) is 5. The molecule has 0 saturated heterocycles. The van der Waals surface area contributed by atoms with Gasteiger partial charge in [-0.05, 0) is 0 Å². The summed E-state index contributed by atoms with van der Waals surface area (Å²) in [6.45, 7) is -0.787. The monoisotopic (exact) mass is 397 g/mol. The molecule has 0 radical (unpaired) electrons. The van der Waals surface area contributed by atoms with Crippen LogP contribution in [0.15, 0.2) is 0 Å². The summed E-state index contributed by atoms with van der Waals surface area (Å²) in [5.41, 5.74) is 0. The summed E-state index contributed by atoms with van der Waals surface area (Å²) in [7, 11) is 0. The Hall–Kier alpha value is 0.205. The summed E-state index contributed by atoms with van der Waals surface area (Å²) >= 11 is -0.334. The average Bonchev–Trinajstić information content (AvgIpc) is 2.23. The van der Waals surface area contributed by atoms with Gasteiger partial charge in [-0.1, -0.05) is 0 Å². The van der Waals surface area contributed by atoms with Gasteiger partial charge in [-0.2, -0.15) is 0 Å². The van der Waals surface area contributed by atoms with E-state index in [1.807, 2.05) is 0 Å². The molecule has 0 saturated carbocycles. The van der Waals surface area contributed by atoms with E-state index in [0.29, 0.717) is 0 Å². The predicted molar refractivity (Wildman–Crippen MR) is 37.2 cm³/mol. The topological polar surface area (TPSA) is 127 Å². The Morgan fingerprint density at radius 3 is 2.07 bits per heavy atom. The van der Waals surface area contributed by atoms with Crippen molar-refractivity contribution in [3.8, 4) is 0 Å². The summed E-state index contributed by atoms with van der Waals surface area (Å²) in [6, 6.07) is 0. The maximum atomic E-state index is 10.7. The maximum absolute atomic E-state index is 10.7. The van der Waals surface area contributed by atoms with Crippen LogP contribution >= 0.6 is 0 Å². The molecular formula is C6H11HgO7. The Labute approximate surface area is 96.6 Å². The number of aliphatic hydroxyl groups excluding tert-OH is 5. The van der Waals surface area contributed by atoms with Crippen LogP contribution < -0.4 is 0 Å². The molecule has 79 valence electrons. The van der Waals surface area contributed by atoms with E-state index in [0.717, 1.165) is 0 Å². The Bertz CT molecular complexity index is 187. The van der Waals surface area contributed by atoms with Gasteiger partial charge < -0.3 is 0 Å². The molecule has 0 aromatic rings. The first-order valence-electron chi connectivity index (χ1n) is 3.74. The van der Waals surface area contributed by atoms with Crippen molar-refractivity contribution in [1.29, 1.82) is 0 Å². The van der Waals surface area contributed by atoms with Crippen molar-refractivity contribution in [1.82, 2.24) is 0 Å². The van der Waals surface area contributed by atoms with E-state index in [-0.39, 0.29) is 26.6 Å². The zero-order valence-corrected chi connectivity index (χ0v) is 12.8. The van der Waals surface area contributed by atoms with Crippen molar-refractivity contribution >= 4 is 5.97 Å². The van der Waals surface area contributed by atoms with Crippen LogP contribution in [0.3, 0.4) is 0 Å². The first-order valence-corrected chi connectivity index (χ1v) is 5.99. The molecule has 4 atom stereocenters. The Kier molecular flexibility index (Phi) is 6.74. The second kappa shape index (κ2) is 6.65. The van der Waals surface area contributed by atoms with Crippen molar-refractivity contribution in [2.45, 2.75) is 24.4 Å². The normalized spacial score (nSPS) is 19.6. The van der Waals surface area contributed by atoms with Gasteiger partial charge in [0, 0.05) is 0 Å². The molecule has 7 nitrogen and oxygen atoms in total. The molecule has 0 aromatic carbocycles. The molecule has 14 heavy (non-hydrogen) atoms. The van der Waals surface area contributed by atoms with Crippen molar-refractivity contribution in [2.24, 2.45) is 0 Å². The van der Waals surface area contributed by atoms with Crippen LogP contribution in [-0.2, 0) is 34.0 Å². The molecule has 0 aliphatic carbocycles. The number of carbonyl (C=O) groups excluding carboxylic acids is 1. The van der Waals surface area contributed by atoms with Crippen LogP contribution in [0, 0.1) is 0 Å². The van der Waals surface area contributed by atoms with Gasteiger partial charge in [-0.3, -0.25) is 0 Å². The van der Waals surface area contributed by atoms with Gasteiger partial charge in [-0.25, -0.2) is 0 Å². The van der Waals surface area contributed by atoms with Crippen LogP contribution in [0.25, 0.3) is 0 Å². The summed E-state index contributed by atoms with van der Waals surface area (Å²) < 4.78 is 4.29. The molecular weight excluding hydrogens is 385 g/mol. The van der Waals surface area contributed by atoms with Crippen molar-refractivity contribution < 1.29 is 59.5 Å². The molecule has 0 rings (SSSR count). The van der Waals surface area contributed by atoms with Crippen LogP contribution in [0.2, 0.25) is 0 Å². The van der Waals surface area contributed by atoms with Crippen molar-refractivity contribution in [2.75, 3.05) is 6.61 Å². The molecule has 0 fully saturated rings. The minimum absolute atomic E-state index is 0.334. The molecule has 0 spiro atoms. The molecule has 1 unspecified atom stereocenters. The predicted octanol–water partition coefficient (Wildman–Crippen LogP) is -3.57. The first-order chi connectivity index (χ1) is 6.45. The van der Waals surface area contributed by atoms with Crippen LogP contribution in [0.5, 0.6) is 0 Å². The Morgan fingerprint density at radius 2 is 1.71 bits per heavy atom. The Balaban J connectivity index is 4.30. The molecule has 0 bridgehead atoms. The standard InChI is InChI=1S/C6H12O7.Hg/c7-1-2(8)3(9)4(10)5(11)6(12)13;/h2-5,7-11H,1H2,(H,12,13);/q;+1/p-1/t2?,3-,4+,5-;/m1./s1. The van der Waals surface area contributed by atoms with Crippen molar-refractivity contribution in [3.05, 3.63) is 0 Å². The fourth-order valence-electron chi connectivity index (χ4n) is 0.747. The van der Waals surface area contributed by atoms with Gasteiger partial charge in [0.05, 0.1) is 0 Å². The van der Waals surface area contributed by atoms with Crippen molar-refractivity contribution in [3.63, 3.8) is 0 Å². The van der Waals surface area contributed by atoms with Gasteiger partial charge in [0.2, 0.25) is 0 Å². The van der Waals surface area contributed by atoms with Gasteiger partial charge in [0.25, 0.3) is 0 Å². The third-order valence-electron chi connectivity index (χ3n) is 1.64. The molecule has 0 aliphatic heterocycles. The molecule has 0 aromatic heterocycles. The van der Waals surface area contributed by atoms with E-state index in [1.165, 1.54) is 0 Å². The zero-order valence-electron chi connectivity index (χ0n) is 7.28. The first kappa shape index (κ1) is 14.2. The second-order valence-corrected chi connectivity index (χ2v) is 3.76. The summed E-state index contributed by atoms with van der Waals surface area (Å²) in [4.78, 5) is 10.7. The molecule has 0 heterocycles. The van der Waals surface area contributed by atoms with Gasteiger partial charge >= 0.3 is 96.5 Å². The summed E-state index contributed by atoms with van der Waals surface area (Å²) in [6.07, 6.45) is -7.22. The van der Waals surface area contributed by atoms with E-state index in [4.69, 9.17) is 25.5 Å². The summed E-state index contributed by atoms with van der Waals surface area (Å²) in [5, 5.41) is 44.6. The van der Waals surface area contributed by atoms with E-state index in [1.54, 1.807) is 0 Å². The fourth-order valence-corrected chi connectivity index (χ4v) is 1.41. The minimum atomic E-state index is -1.91. The number of carbonyl (C=O) groups is 1. The second-order valence-electron chi connectivity index (χ2n) is 2.64. The van der Waals surface area contributed by atoms with E-state index in [2.05, 4.69) is 2.64 Å². The van der Waals surface area contributed by atoms with E-state index < -0.39 is 37.0 Å². The van der Waals surface area contributed by atoms with Crippen LogP contribution in [0.4, 0.5) is 0 Å². The Morgan fingerprint density at radius 1 is 1.21 bits per heavy atom. The SMILES string of the molecule is O=C([O][Hg])[C@H](O)[C@@H](O)[C@H](O)C(O)CO. The zero-order chi connectivity index (χ0) is 11.3. The number of aliphatic hydroxyl groups is 5. The van der Waals surface area contributed by atoms with E-state index >= 15 is 0 Å². The van der Waals surface area contributed by atoms with E-state index in [9.17, 15) is 4.79 Å². The van der Waals surface area contributed by atoms with Gasteiger partial charge in [0.15, 0.2) is 0 Å². The number of hydrogen-bond acceptors (Lipinski definition) is 7. The third kappa shape index (κ3) is 3.75. The average molecular weight is 396 g/mol. The fraction of sp³-hybridized carbons (Fsp3) is 0.833. The quantitative estimate of drug-likeness (QED) is 0.305. The molecule has 5 N–H and O–H groups in total. The number of rotatable bonds is 5. The van der Waals surface area contributed by atoms with Crippen LogP contribution in [0.1, 0.15) is 0 Å². The summed E-state index contributed by atoms with van der Waals surface area (Å²) in [5.74, 6) is -1.05. The van der Waals surface area contributed by atoms with Crippen LogP contribution in [-0.4, -0.2) is 62.5 Å². The molecule has 0 aliphatic rings. The van der Waals surface area contributed by atoms with Gasteiger partial charge in [0.1, 0.15) is 0 Å². The third-order valence-corrected chi connectivity index (χ3v) is 2.74. The van der Waals surface area contributed by atoms with Gasteiger partial charge in [-0.15, -0.1) is 0 Å². The molecule has 0 amide bonds.